The van der Waals surface area contributed by atoms with Crippen LogP contribution in [0.25, 0.3) is 21.5 Å². The van der Waals surface area contributed by atoms with Gasteiger partial charge in [-0.25, -0.2) is 9.59 Å². The molecule has 34 heavy (non-hydrogen) atoms. The fourth-order valence-electron chi connectivity index (χ4n) is 3.57. The van der Waals surface area contributed by atoms with Gasteiger partial charge in [-0.2, -0.15) is 0 Å². The Labute approximate surface area is 201 Å². The number of hydrogen-bond acceptors (Lipinski definition) is 6. The van der Waals surface area contributed by atoms with Gasteiger partial charge in [0.2, 0.25) is 0 Å². The summed E-state index contributed by atoms with van der Waals surface area (Å²) in [6.07, 6.45) is 0.794. The number of carbonyl (C=O) groups is 2. The summed E-state index contributed by atoms with van der Waals surface area (Å²) < 4.78 is 22.0. The van der Waals surface area contributed by atoms with Crippen LogP contribution in [0.15, 0.2) is 42.5 Å². The maximum atomic E-state index is 12.5. The third kappa shape index (κ3) is 6.40. The second-order valence-corrected chi connectivity index (χ2v) is 9.20. The molecule has 0 aliphatic carbocycles. The van der Waals surface area contributed by atoms with Crippen molar-refractivity contribution < 1.29 is 28.5 Å². The zero-order valence-electron chi connectivity index (χ0n) is 20.7. The largest absolute Gasteiger partial charge is 0.513 e. The maximum absolute atomic E-state index is 12.5. The van der Waals surface area contributed by atoms with Crippen LogP contribution in [0.5, 0.6) is 11.5 Å². The Morgan fingerprint density at radius 3 is 1.65 bits per heavy atom. The van der Waals surface area contributed by atoms with Crippen LogP contribution >= 0.6 is 0 Å². The van der Waals surface area contributed by atoms with E-state index in [0.29, 0.717) is 44.9 Å². The Bertz CT molecular complexity index is 1150. The molecule has 0 heterocycles. The number of benzene rings is 3. The van der Waals surface area contributed by atoms with Gasteiger partial charge >= 0.3 is 12.3 Å². The summed E-state index contributed by atoms with van der Waals surface area (Å²) in [5.41, 5.74) is 1.06. The minimum Gasteiger partial charge on any atom is -0.434 e. The molecule has 0 saturated heterocycles. The van der Waals surface area contributed by atoms with Crippen LogP contribution in [0.2, 0.25) is 0 Å². The Morgan fingerprint density at radius 2 is 1.18 bits per heavy atom. The van der Waals surface area contributed by atoms with Crippen molar-refractivity contribution in [3.8, 4) is 11.5 Å². The predicted molar refractivity (Wildman–Crippen MR) is 134 cm³/mol. The van der Waals surface area contributed by atoms with Crippen LogP contribution in [-0.2, 0) is 15.9 Å². The molecule has 6 nitrogen and oxygen atoms in total. The molecule has 0 radical (unpaired) electrons. The Hall–Kier alpha value is -3.28. The summed E-state index contributed by atoms with van der Waals surface area (Å²) in [4.78, 5) is 25.0. The van der Waals surface area contributed by atoms with Gasteiger partial charge in [-0.05, 0) is 42.7 Å². The van der Waals surface area contributed by atoms with E-state index in [9.17, 15) is 9.59 Å². The lowest BCUT2D eigenvalue weighted by atomic mass is 9.98. The molecular weight excluding hydrogens is 432 g/mol. The summed E-state index contributed by atoms with van der Waals surface area (Å²) in [5, 5.41) is 2.62. The van der Waals surface area contributed by atoms with Gasteiger partial charge in [-0.3, -0.25) is 0 Å². The molecule has 3 aromatic carbocycles. The normalized spacial score (nSPS) is 11.3. The van der Waals surface area contributed by atoms with Gasteiger partial charge in [0.15, 0.2) is 0 Å². The average Bonchev–Trinajstić information content (AvgIpc) is 2.80. The van der Waals surface area contributed by atoms with Gasteiger partial charge in [0.25, 0.3) is 0 Å². The first-order chi connectivity index (χ1) is 16.3. The summed E-state index contributed by atoms with van der Waals surface area (Å²) in [5.74, 6) is 1.59. The van der Waals surface area contributed by atoms with Gasteiger partial charge in [-0.15, -0.1) is 0 Å². The lowest BCUT2D eigenvalue weighted by molar-refractivity contribution is 0.0940. The number of aryl methyl sites for hydroxylation is 1. The molecule has 0 unspecified atom stereocenters. The van der Waals surface area contributed by atoms with Crippen molar-refractivity contribution in [3.05, 3.63) is 48.0 Å². The van der Waals surface area contributed by atoms with E-state index in [0.717, 1.165) is 24.8 Å². The van der Waals surface area contributed by atoms with E-state index >= 15 is 0 Å². The molecule has 0 aliphatic rings. The van der Waals surface area contributed by atoms with E-state index in [1.165, 1.54) is 0 Å². The maximum Gasteiger partial charge on any atom is 0.513 e. The molecule has 3 rings (SSSR count). The summed E-state index contributed by atoms with van der Waals surface area (Å²) in [7, 11) is 0. The number of ether oxygens (including phenoxy) is 4. The van der Waals surface area contributed by atoms with Crippen molar-refractivity contribution in [3.63, 3.8) is 0 Å². The zero-order chi connectivity index (χ0) is 24.7. The van der Waals surface area contributed by atoms with Crippen LogP contribution in [0.4, 0.5) is 9.59 Å². The molecule has 0 aliphatic heterocycles. The fraction of sp³-hybridized carbons (Fsp3) is 0.429. The Balaban J connectivity index is 2.03. The number of fused-ring (bicyclic) bond motifs is 2. The number of hydrogen-bond donors (Lipinski definition) is 0. The van der Waals surface area contributed by atoms with Crippen molar-refractivity contribution in [2.24, 2.45) is 11.8 Å². The predicted octanol–water partition coefficient (Wildman–Crippen LogP) is 7.68. The highest BCUT2D eigenvalue weighted by molar-refractivity contribution is 6.12. The molecule has 182 valence electrons. The summed E-state index contributed by atoms with van der Waals surface area (Å²) in [6.45, 7) is 10.9. The molecule has 0 bridgehead atoms. The first kappa shape index (κ1) is 25.3. The van der Waals surface area contributed by atoms with Gasteiger partial charge in [0, 0.05) is 21.5 Å². The molecule has 0 N–H and O–H groups in total. The van der Waals surface area contributed by atoms with Crippen LogP contribution in [-0.4, -0.2) is 25.5 Å². The monoisotopic (exact) mass is 466 g/mol. The van der Waals surface area contributed by atoms with Crippen LogP contribution in [0.1, 0.15) is 53.0 Å². The molecule has 0 amide bonds. The summed E-state index contributed by atoms with van der Waals surface area (Å²) >= 11 is 0. The Kier molecular flexibility index (Phi) is 8.74. The molecular formula is C28H34O6. The topological polar surface area (TPSA) is 71.1 Å². The van der Waals surface area contributed by atoms with Crippen molar-refractivity contribution >= 4 is 33.9 Å². The van der Waals surface area contributed by atoms with Crippen molar-refractivity contribution in [1.29, 1.82) is 0 Å². The van der Waals surface area contributed by atoms with Crippen LogP contribution in [0, 0.1) is 11.8 Å². The van der Waals surface area contributed by atoms with E-state index in [4.69, 9.17) is 18.9 Å². The molecule has 6 heteroatoms. The SMILES string of the molecule is CCc1ccc2c(OC(=O)OCCC(C)C)c3ccccc3c(OC(=O)OCCC(C)C)c2c1. The quantitative estimate of drug-likeness (QED) is 0.183. The Morgan fingerprint density at radius 1 is 0.706 bits per heavy atom. The van der Waals surface area contributed by atoms with E-state index in [1.807, 2.05) is 49.4 Å². The van der Waals surface area contributed by atoms with Crippen LogP contribution in [0.3, 0.4) is 0 Å². The standard InChI is InChI=1S/C28H34O6/c1-6-20-11-12-23-24(17-20)26(34-28(30)32-16-14-19(4)5)22-10-8-7-9-21(22)25(23)33-27(29)31-15-13-18(2)3/h7-12,17-19H,6,13-16H2,1-5H3. The van der Waals surface area contributed by atoms with Gasteiger partial charge in [0.1, 0.15) is 11.5 Å². The van der Waals surface area contributed by atoms with Gasteiger partial charge < -0.3 is 18.9 Å². The average molecular weight is 467 g/mol. The third-order valence-corrected chi connectivity index (χ3v) is 5.60. The van der Waals surface area contributed by atoms with Crippen molar-refractivity contribution in [2.45, 2.75) is 53.9 Å². The fourth-order valence-corrected chi connectivity index (χ4v) is 3.57. The molecule has 0 aromatic heterocycles. The summed E-state index contributed by atoms with van der Waals surface area (Å²) in [6, 6.07) is 13.2. The first-order valence-corrected chi connectivity index (χ1v) is 12.0. The highest BCUT2D eigenvalue weighted by atomic mass is 16.7. The first-order valence-electron chi connectivity index (χ1n) is 12.0. The highest BCUT2D eigenvalue weighted by Crippen LogP contribution is 2.43. The lowest BCUT2D eigenvalue weighted by Gasteiger charge is -2.17. The van der Waals surface area contributed by atoms with E-state index in [1.54, 1.807) is 0 Å². The molecule has 0 spiro atoms. The van der Waals surface area contributed by atoms with Crippen molar-refractivity contribution in [2.75, 3.05) is 13.2 Å². The number of rotatable bonds is 9. The molecule has 0 fully saturated rings. The van der Waals surface area contributed by atoms with Gasteiger partial charge in [-0.1, -0.05) is 71.0 Å². The molecule has 0 atom stereocenters. The zero-order valence-corrected chi connectivity index (χ0v) is 20.7. The molecule has 0 saturated carbocycles. The minimum atomic E-state index is -0.756. The van der Waals surface area contributed by atoms with E-state index in [-0.39, 0.29) is 13.2 Å². The van der Waals surface area contributed by atoms with E-state index < -0.39 is 12.3 Å². The minimum absolute atomic E-state index is 0.287. The highest BCUT2D eigenvalue weighted by Gasteiger charge is 2.21. The second kappa shape index (κ2) is 11.7. The van der Waals surface area contributed by atoms with Gasteiger partial charge in [0.05, 0.1) is 13.2 Å². The third-order valence-electron chi connectivity index (χ3n) is 5.60. The smallest absolute Gasteiger partial charge is 0.434 e. The van der Waals surface area contributed by atoms with Crippen molar-refractivity contribution in [1.82, 2.24) is 0 Å². The molecule has 3 aromatic rings. The van der Waals surface area contributed by atoms with Crippen LogP contribution < -0.4 is 9.47 Å². The number of carbonyl (C=O) groups excluding carboxylic acids is 2. The second-order valence-electron chi connectivity index (χ2n) is 9.20. The lowest BCUT2D eigenvalue weighted by Crippen LogP contribution is -2.14. The van der Waals surface area contributed by atoms with E-state index in [2.05, 4.69) is 27.7 Å².